The second kappa shape index (κ2) is 7.96. The molecule has 1 aliphatic rings. The van der Waals surface area contributed by atoms with E-state index in [0.717, 1.165) is 5.56 Å². The van der Waals surface area contributed by atoms with Gasteiger partial charge in [-0.25, -0.2) is 9.48 Å². The van der Waals surface area contributed by atoms with E-state index >= 15 is 0 Å². The van der Waals surface area contributed by atoms with Gasteiger partial charge >= 0.3 is 5.97 Å². The molecule has 30 heavy (non-hydrogen) atoms. The van der Waals surface area contributed by atoms with Crippen molar-refractivity contribution in [3.05, 3.63) is 86.7 Å². The van der Waals surface area contributed by atoms with Gasteiger partial charge in [-0.2, -0.15) is 10.1 Å². The third kappa shape index (κ3) is 3.50. The number of ether oxygens (including phenoxy) is 1. The van der Waals surface area contributed by atoms with Crippen LogP contribution in [0.25, 0.3) is 5.70 Å². The number of fused-ring (bicyclic) bond motifs is 1. The van der Waals surface area contributed by atoms with Gasteiger partial charge in [-0.1, -0.05) is 23.7 Å². The minimum Gasteiger partial charge on any atom is -0.463 e. The molecule has 152 valence electrons. The zero-order valence-corrected chi connectivity index (χ0v) is 16.5. The monoisotopic (exact) mass is 425 g/mol. The lowest BCUT2D eigenvalue weighted by molar-refractivity contribution is -0.384. The average Bonchev–Trinajstić information content (AvgIpc) is 3.22. The molecule has 0 saturated heterocycles. The minimum atomic E-state index is -0.620. The first kappa shape index (κ1) is 19.6. The number of nitro groups is 1. The molecule has 0 fully saturated rings. The summed E-state index contributed by atoms with van der Waals surface area (Å²) < 4.78 is 6.92. The van der Waals surface area contributed by atoms with E-state index in [1.807, 2.05) is 0 Å². The van der Waals surface area contributed by atoms with Crippen molar-refractivity contribution in [1.82, 2.24) is 14.8 Å². The molecule has 4 rings (SSSR count). The maximum absolute atomic E-state index is 13.0. The molecule has 1 N–H and O–H groups in total. The van der Waals surface area contributed by atoms with Gasteiger partial charge in [0.1, 0.15) is 12.4 Å². The highest BCUT2D eigenvalue weighted by molar-refractivity contribution is 6.30. The number of aromatic nitrogens is 3. The summed E-state index contributed by atoms with van der Waals surface area (Å²) in [6, 6.07) is 12.3. The van der Waals surface area contributed by atoms with Gasteiger partial charge in [0.25, 0.3) is 5.69 Å². The Labute approximate surface area is 176 Å². The number of hydrogen-bond donors (Lipinski definition) is 1. The topological polar surface area (TPSA) is 112 Å². The van der Waals surface area contributed by atoms with Crippen LogP contribution in [0.1, 0.15) is 24.1 Å². The Morgan fingerprint density at radius 2 is 1.93 bits per heavy atom. The lowest BCUT2D eigenvalue weighted by Gasteiger charge is -2.29. The number of halogens is 1. The minimum absolute atomic E-state index is 0.0507. The first-order chi connectivity index (χ1) is 14.5. The SMILES string of the molecule is CCOC(=O)C1=C(c2ccc([N+](=O)[O-])cc2)Nc2ncnn2[C@@H]1c1ccc(Cl)cc1. The van der Waals surface area contributed by atoms with Crippen molar-refractivity contribution in [2.45, 2.75) is 13.0 Å². The quantitative estimate of drug-likeness (QED) is 0.375. The average molecular weight is 426 g/mol. The summed E-state index contributed by atoms with van der Waals surface area (Å²) in [4.78, 5) is 27.8. The largest absolute Gasteiger partial charge is 0.463 e. The fourth-order valence-electron chi connectivity index (χ4n) is 3.32. The molecule has 1 aromatic heterocycles. The number of carbonyl (C=O) groups is 1. The standard InChI is InChI=1S/C20H16ClN5O4/c1-2-30-19(27)16-17(12-5-9-15(10-6-12)26(28)29)24-20-22-11-23-25(20)18(16)13-3-7-14(21)8-4-13/h3-11,18H,2H2,1H3,(H,22,23,24)/t18-/m1/s1. The molecular formula is C20H16ClN5O4. The zero-order chi connectivity index (χ0) is 21.3. The van der Waals surface area contributed by atoms with Crippen LogP contribution in [0.5, 0.6) is 0 Å². The highest BCUT2D eigenvalue weighted by Crippen LogP contribution is 2.39. The van der Waals surface area contributed by atoms with Crippen molar-refractivity contribution in [1.29, 1.82) is 0 Å². The van der Waals surface area contributed by atoms with E-state index in [0.29, 0.717) is 27.8 Å². The Morgan fingerprint density at radius 1 is 1.23 bits per heavy atom. The fraction of sp³-hybridized carbons (Fsp3) is 0.150. The van der Waals surface area contributed by atoms with Crippen LogP contribution >= 0.6 is 11.6 Å². The molecule has 1 atom stereocenters. The predicted molar refractivity (Wildman–Crippen MR) is 110 cm³/mol. The van der Waals surface area contributed by atoms with Crippen molar-refractivity contribution in [3.63, 3.8) is 0 Å². The molecule has 3 aromatic rings. The smallest absolute Gasteiger partial charge is 0.338 e. The van der Waals surface area contributed by atoms with E-state index in [1.165, 1.54) is 18.5 Å². The zero-order valence-electron chi connectivity index (χ0n) is 15.8. The second-order valence-electron chi connectivity index (χ2n) is 6.42. The van der Waals surface area contributed by atoms with Crippen molar-refractivity contribution in [2.75, 3.05) is 11.9 Å². The van der Waals surface area contributed by atoms with Crippen molar-refractivity contribution < 1.29 is 14.5 Å². The van der Waals surface area contributed by atoms with Crippen LogP contribution in [0.15, 0.2) is 60.4 Å². The summed E-state index contributed by atoms with van der Waals surface area (Å²) in [6.07, 6.45) is 1.38. The normalized spacial score (nSPS) is 15.3. The Morgan fingerprint density at radius 3 is 2.57 bits per heavy atom. The number of nitrogens with one attached hydrogen (secondary N) is 1. The van der Waals surface area contributed by atoms with Crippen LogP contribution in [0.3, 0.4) is 0 Å². The highest BCUT2D eigenvalue weighted by atomic mass is 35.5. The van der Waals surface area contributed by atoms with Crippen LogP contribution in [0, 0.1) is 10.1 Å². The molecule has 2 heterocycles. The first-order valence-electron chi connectivity index (χ1n) is 9.07. The Hall–Kier alpha value is -3.72. The second-order valence-corrected chi connectivity index (χ2v) is 6.86. The maximum atomic E-state index is 13.0. The summed E-state index contributed by atoms with van der Waals surface area (Å²) in [5, 5.41) is 19.0. The highest BCUT2D eigenvalue weighted by Gasteiger charge is 2.36. The lowest BCUT2D eigenvalue weighted by atomic mass is 9.93. The van der Waals surface area contributed by atoms with Crippen molar-refractivity contribution in [2.24, 2.45) is 0 Å². The van der Waals surface area contributed by atoms with Gasteiger partial charge in [-0.05, 0) is 42.3 Å². The number of benzene rings is 2. The molecule has 10 heteroatoms. The maximum Gasteiger partial charge on any atom is 0.338 e. The number of carbonyl (C=O) groups excluding carboxylic acids is 1. The number of non-ortho nitro benzene ring substituents is 1. The molecule has 0 radical (unpaired) electrons. The predicted octanol–water partition coefficient (Wildman–Crippen LogP) is 3.83. The van der Waals surface area contributed by atoms with E-state index < -0.39 is 16.9 Å². The van der Waals surface area contributed by atoms with Crippen LogP contribution in [-0.4, -0.2) is 32.3 Å². The van der Waals surface area contributed by atoms with E-state index in [9.17, 15) is 14.9 Å². The van der Waals surface area contributed by atoms with E-state index in [2.05, 4.69) is 15.4 Å². The molecule has 2 aromatic carbocycles. The molecule has 0 unspecified atom stereocenters. The first-order valence-corrected chi connectivity index (χ1v) is 9.45. The van der Waals surface area contributed by atoms with Gasteiger partial charge in [-0.3, -0.25) is 10.1 Å². The summed E-state index contributed by atoms with van der Waals surface area (Å²) in [6.45, 7) is 1.91. The van der Waals surface area contributed by atoms with Gasteiger partial charge < -0.3 is 10.1 Å². The molecule has 9 nitrogen and oxygen atoms in total. The molecule has 0 aliphatic carbocycles. The Kier molecular flexibility index (Phi) is 5.20. The molecule has 0 bridgehead atoms. The summed E-state index contributed by atoms with van der Waals surface area (Å²) >= 11 is 6.04. The van der Waals surface area contributed by atoms with Crippen molar-refractivity contribution in [3.8, 4) is 0 Å². The van der Waals surface area contributed by atoms with Crippen LogP contribution in [-0.2, 0) is 9.53 Å². The fourth-order valence-corrected chi connectivity index (χ4v) is 3.45. The number of hydrogen-bond acceptors (Lipinski definition) is 7. The Bertz CT molecular complexity index is 1140. The Balaban J connectivity index is 1.92. The van der Waals surface area contributed by atoms with E-state index in [1.54, 1.807) is 48.0 Å². The molecule has 0 saturated carbocycles. The van der Waals surface area contributed by atoms with Gasteiger partial charge in [0.15, 0.2) is 0 Å². The summed E-state index contributed by atoms with van der Waals surface area (Å²) in [5.41, 5.74) is 2.05. The third-order valence-corrected chi connectivity index (χ3v) is 4.90. The lowest BCUT2D eigenvalue weighted by Crippen LogP contribution is -2.30. The summed E-state index contributed by atoms with van der Waals surface area (Å²) in [5.74, 6) is -0.101. The van der Waals surface area contributed by atoms with Gasteiger partial charge in [0, 0.05) is 17.2 Å². The van der Waals surface area contributed by atoms with Gasteiger partial charge in [-0.15, -0.1) is 0 Å². The molecule has 1 aliphatic heterocycles. The van der Waals surface area contributed by atoms with Crippen LogP contribution < -0.4 is 5.32 Å². The number of anilines is 1. The third-order valence-electron chi connectivity index (χ3n) is 4.65. The number of nitrogens with zero attached hydrogens (tertiary/aromatic N) is 4. The van der Waals surface area contributed by atoms with Gasteiger partial charge in [0.2, 0.25) is 5.95 Å². The summed E-state index contributed by atoms with van der Waals surface area (Å²) in [7, 11) is 0. The van der Waals surface area contributed by atoms with Gasteiger partial charge in [0.05, 0.1) is 22.8 Å². The molecule has 0 spiro atoms. The van der Waals surface area contributed by atoms with Crippen molar-refractivity contribution >= 4 is 34.9 Å². The van der Waals surface area contributed by atoms with E-state index in [-0.39, 0.29) is 12.3 Å². The van der Waals surface area contributed by atoms with Crippen LogP contribution in [0.2, 0.25) is 5.02 Å². The molecular weight excluding hydrogens is 410 g/mol. The number of esters is 1. The van der Waals surface area contributed by atoms with E-state index in [4.69, 9.17) is 16.3 Å². The number of nitro benzene ring substituents is 1. The van der Waals surface area contributed by atoms with Crippen LogP contribution in [0.4, 0.5) is 11.6 Å². The number of rotatable bonds is 5. The molecule has 0 amide bonds.